The molecule has 0 bridgehead atoms. The summed E-state index contributed by atoms with van der Waals surface area (Å²) in [5.74, 6) is -2.57. The highest BCUT2D eigenvalue weighted by Gasteiger charge is 2.38. The summed E-state index contributed by atoms with van der Waals surface area (Å²) in [6.45, 7) is 7.10. The van der Waals surface area contributed by atoms with Gasteiger partial charge >= 0.3 is 0 Å². The lowest BCUT2D eigenvalue weighted by atomic mass is 9.73. The summed E-state index contributed by atoms with van der Waals surface area (Å²) in [4.78, 5) is 27.1. The van der Waals surface area contributed by atoms with E-state index < -0.39 is 11.8 Å². The van der Waals surface area contributed by atoms with Crippen molar-refractivity contribution in [2.45, 2.75) is 76.5 Å². The van der Waals surface area contributed by atoms with E-state index in [1.165, 1.54) is 17.7 Å². The predicted octanol–water partition coefficient (Wildman–Crippen LogP) is 7.05. The van der Waals surface area contributed by atoms with Gasteiger partial charge in [0.15, 0.2) is 0 Å². The van der Waals surface area contributed by atoms with E-state index in [2.05, 4.69) is 32.9 Å². The molecule has 0 amide bonds. The summed E-state index contributed by atoms with van der Waals surface area (Å²) in [6.07, 6.45) is 3.24. The molecule has 2 aromatic rings. The van der Waals surface area contributed by atoms with E-state index >= 15 is 0 Å². The molecule has 1 saturated carbocycles. The van der Waals surface area contributed by atoms with Crippen LogP contribution in [0.4, 0.5) is 8.78 Å². The molecule has 0 radical (unpaired) electrons. The van der Waals surface area contributed by atoms with Gasteiger partial charge in [0.2, 0.25) is 0 Å². The topological polar surface area (TPSA) is 34.1 Å². The van der Waals surface area contributed by atoms with Crippen molar-refractivity contribution in [2.75, 3.05) is 5.75 Å². The number of aryl methyl sites for hydroxylation is 3. The first-order valence-corrected chi connectivity index (χ1v) is 12.4. The van der Waals surface area contributed by atoms with Gasteiger partial charge in [-0.1, -0.05) is 43.7 Å². The molecule has 1 aliphatic carbocycles. The van der Waals surface area contributed by atoms with Crippen molar-refractivity contribution in [1.29, 1.82) is 0 Å². The highest BCUT2D eigenvalue weighted by atomic mass is 32.2. The molecule has 0 heterocycles. The van der Waals surface area contributed by atoms with Crippen LogP contribution in [0.3, 0.4) is 0 Å². The van der Waals surface area contributed by atoms with Crippen LogP contribution in [0.15, 0.2) is 41.3 Å². The summed E-state index contributed by atoms with van der Waals surface area (Å²) in [6, 6.07) is 10.5. The molecule has 0 N–H and O–H groups in total. The van der Waals surface area contributed by atoms with Gasteiger partial charge < -0.3 is 0 Å². The van der Waals surface area contributed by atoms with Gasteiger partial charge in [0.25, 0.3) is 5.92 Å². The summed E-state index contributed by atoms with van der Waals surface area (Å²) in [7, 11) is 0. The monoisotopic (exact) mass is 458 g/mol. The molecule has 172 valence electrons. The third-order valence-corrected chi connectivity index (χ3v) is 7.37. The molecule has 0 spiro atoms. The van der Waals surface area contributed by atoms with Gasteiger partial charge in [0.05, 0.1) is 0 Å². The number of hydrogen-bond acceptors (Lipinski definition) is 3. The Morgan fingerprint density at radius 1 is 0.969 bits per heavy atom. The highest BCUT2D eigenvalue weighted by Crippen LogP contribution is 2.37. The zero-order valence-electron chi connectivity index (χ0n) is 19.3. The maximum absolute atomic E-state index is 13.4. The number of thioether (sulfide) groups is 1. The fraction of sp³-hybridized carbons (Fsp3) is 0.481. The lowest BCUT2D eigenvalue weighted by molar-refractivity contribution is -0.133. The normalized spacial score (nSPS) is 19.4. The Labute approximate surface area is 194 Å². The molecular formula is C27H32F2O2S. The van der Waals surface area contributed by atoms with Crippen molar-refractivity contribution >= 4 is 23.3 Å². The third-order valence-electron chi connectivity index (χ3n) is 6.33. The zero-order valence-corrected chi connectivity index (χ0v) is 20.2. The molecule has 1 fully saturated rings. The van der Waals surface area contributed by atoms with Gasteiger partial charge in [-0.15, -0.1) is 11.8 Å². The van der Waals surface area contributed by atoms with E-state index in [9.17, 15) is 18.4 Å². The molecule has 0 aromatic heterocycles. The Kier molecular flexibility index (Phi) is 7.92. The smallest absolute Gasteiger partial charge is 0.270 e. The first-order chi connectivity index (χ1) is 15.1. The molecule has 0 unspecified atom stereocenters. The van der Waals surface area contributed by atoms with Crippen LogP contribution in [0.1, 0.15) is 73.8 Å². The molecule has 2 aromatic carbocycles. The molecule has 5 heteroatoms. The highest BCUT2D eigenvalue weighted by molar-refractivity contribution is 7.99. The van der Waals surface area contributed by atoms with Crippen LogP contribution in [0.25, 0.3) is 0 Å². The van der Waals surface area contributed by atoms with Gasteiger partial charge in [-0.3, -0.25) is 9.59 Å². The Bertz CT molecular complexity index is 933. The van der Waals surface area contributed by atoms with Crippen LogP contribution < -0.4 is 0 Å². The molecule has 0 aliphatic heterocycles. The summed E-state index contributed by atoms with van der Waals surface area (Å²) in [5, 5.41) is 0. The number of ketones is 2. The molecule has 0 atom stereocenters. The van der Waals surface area contributed by atoms with Crippen molar-refractivity contribution in [1.82, 2.24) is 0 Å². The van der Waals surface area contributed by atoms with E-state index in [-0.39, 0.29) is 23.0 Å². The van der Waals surface area contributed by atoms with E-state index in [1.54, 1.807) is 23.9 Å². The quantitative estimate of drug-likeness (QED) is 0.314. The Balaban J connectivity index is 1.64. The first kappa shape index (κ1) is 24.6. The van der Waals surface area contributed by atoms with Gasteiger partial charge in [0.1, 0.15) is 17.5 Å². The summed E-state index contributed by atoms with van der Waals surface area (Å²) < 4.78 is 26.7. The third kappa shape index (κ3) is 5.67. The van der Waals surface area contributed by atoms with Crippen LogP contribution >= 0.6 is 11.8 Å². The van der Waals surface area contributed by atoms with Crippen LogP contribution in [0.5, 0.6) is 0 Å². The number of benzene rings is 2. The second-order valence-corrected chi connectivity index (χ2v) is 10.1. The maximum Gasteiger partial charge on any atom is 0.270 e. The fourth-order valence-corrected chi connectivity index (χ4v) is 5.69. The van der Waals surface area contributed by atoms with Crippen LogP contribution in [0.2, 0.25) is 0 Å². The van der Waals surface area contributed by atoms with Gasteiger partial charge in [-0.25, -0.2) is 8.78 Å². The van der Waals surface area contributed by atoms with Crippen LogP contribution in [0, 0.1) is 12.8 Å². The predicted molar refractivity (Wildman–Crippen MR) is 127 cm³/mol. The maximum atomic E-state index is 13.4. The molecule has 2 nitrogen and oxygen atoms in total. The zero-order chi connectivity index (χ0) is 23.5. The second kappa shape index (κ2) is 10.3. The largest absolute Gasteiger partial charge is 0.299 e. The Morgan fingerprint density at radius 2 is 1.50 bits per heavy atom. The van der Waals surface area contributed by atoms with E-state index in [0.29, 0.717) is 12.8 Å². The van der Waals surface area contributed by atoms with E-state index in [1.807, 2.05) is 0 Å². The molecule has 3 rings (SSSR count). The van der Waals surface area contributed by atoms with E-state index in [0.717, 1.165) is 53.5 Å². The van der Waals surface area contributed by atoms with Crippen LogP contribution in [-0.2, 0) is 28.4 Å². The lowest BCUT2D eigenvalue weighted by Crippen LogP contribution is -2.33. The van der Waals surface area contributed by atoms with Gasteiger partial charge in [-0.05, 0) is 66.7 Å². The number of hydrogen-bond donors (Lipinski definition) is 0. The number of Topliss-reactive ketones (excluding diaryl/α,β-unsaturated/α-hetero) is 2. The minimum absolute atomic E-state index is 0.00497. The van der Waals surface area contributed by atoms with Gasteiger partial charge in [0, 0.05) is 30.2 Å². The first-order valence-electron chi connectivity index (χ1n) is 11.4. The van der Waals surface area contributed by atoms with Crippen LogP contribution in [-0.4, -0.2) is 17.3 Å². The standard InChI is InChI=1S/C27H32F2O2S/c1-5-19-13-17(3)14-20(6-2)25(19)26-23(30)15-18(16-24(26)31)11-12-32-22-9-7-21(8-10-22)27(4,28)29/h7-10,13-14,18,26H,5-6,11-12,15-16H2,1-4H3. The van der Waals surface area contributed by atoms with Crippen molar-refractivity contribution in [2.24, 2.45) is 5.92 Å². The molecule has 32 heavy (non-hydrogen) atoms. The second-order valence-electron chi connectivity index (χ2n) is 8.89. The van der Waals surface area contributed by atoms with E-state index in [4.69, 9.17) is 0 Å². The minimum atomic E-state index is -2.84. The number of carbonyl (C=O) groups excluding carboxylic acids is 2. The number of halogens is 2. The van der Waals surface area contributed by atoms with Crippen molar-refractivity contribution in [3.8, 4) is 0 Å². The van der Waals surface area contributed by atoms with Crippen molar-refractivity contribution in [3.05, 3.63) is 64.2 Å². The van der Waals surface area contributed by atoms with Crippen molar-refractivity contribution in [3.63, 3.8) is 0 Å². The number of carbonyl (C=O) groups is 2. The fourth-order valence-electron chi connectivity index (χ4n) is 4.68. The van der Waals surface area contributed by atoms with Crippen molar-refractivity contribution < 1.29 is 18.4 Å². The van der Waals surface area contributed by atoms with Gasteiger partial charge in [-0.2, -0.15) is 0 Å². The lowest BCUT2D eigenvalue weighted by Gasteiger charge is -2.29. The number of alkyl halides is 2. The Hall–Kier alpha value is -2.01. The summed E-state index contributed by atoms with van der Waals surface area (Å²) >= 11 is 1.58. The molecule has 1 aliphatic rings. The molecular weight excluding hydrogens is 426 g/mol. The average molecular weight is 459 g/mol. The summed E-state index contributed by atoms with van der Waals surface area (Å²) in [5.41, 5.74) is 4.36. The molecule has 0 saturated heterocycles. The SMILES string of the molecule is CCc1cc(C)cc(CC)c1C1C(=O)CC(CCSc2ccc(C(C)(F)F)cc2)CC1=O. The number of rotatable bonds is 8. The minimum Gasteiger partial charge on any atom is -0.299 e. The average Bonchev–Trinajstić information content (AvgIpc) is 2.73. The Morgan fingerprint density at radius 3 is 1.97 bits per heavy atom.